The number of carboxylic acids is 1. The minimum atomic E-state index is -1.13. The average molecular weight is 358 g/mol. The topological polar surface area (TPSA) is 91.7 Å². The molecule has 0 bridgehead atoms. The number of carboxylic acid groups (broad SMARTS) is 1. The average Bonchev–Trinajstić information content (AvgIpc) is 2.55. The number of pyridine rings is 1. The van der Waals surface area contributed by atoms with E-state index < -0.39 is 5.97 Å². The van der Waals surface area contributed by atoms with Crippen LogP contribution in [-0.2, 0) is 0 Å². The maximum absolute atomic E-state index is 11.9. The molecule has 0 radical (unpaired) electrons. The molecule has 140 valence electrons. The zero-order valence-corrected chi connectivity index (χ0v) is 15.9. The van der Waals surface area contributed by atoms with Crippen molar-refractivity contribution in [3.63, 3.8) is 0 Å². The van der Waals surface area contributed by atoms with Crippen LogP contribution in [0.5, 0.6) is 11.6 Å². The molecule has 0 amide bonds. The number of rotatable bonds is 7. The van der Waals surface area contributed by atoms with Crippen molar-refractivity contribution in [3.05, 3.63) is 46.1 Å². The van der Waals surface area contributed by atoms with E-state index in [0.717, 1.165) is 16.7 Å². The van der Waals surface area contributed by atoms with Crippen LogP contribution in [0.3, 0.4) is 0 Å². The van der Waals surface area contributed by atoms with Gasteiger partial charge in [0.05, 0.1) is 12.3 Å². The van der Waals surface area contributed by atoms with Crippen molar-refractivity contribution in [2.45, 2.75) is 47.1 Å². The normalized spacial score (nSPS) is 11.9. The highest BCUT2D eigenvalue weighted by Crippen LogP contribution is 2.34. The van der Waals surface area contributed by atoms with Crippen molar-refractivity contribution in [2.24, 2.45) is 0 Å². The number of nitrogens with one attached hydrogen (secondary N) is 1. The number of anilines is 1. The van der Waals surface area contributed by atoms with Crippen molar-refractivity contribution in [1.29, 1.82) is 0 Å². The molecule has 0 aliphatic heterocycles. The summed E-state index contributed by atoms with van der Waals surface area (Å²) >= 11 is 0. The molecule has 1 aromatic heterocycles. The van der Waals surface area contributed by atoms with E-state index in [2.05, 4.69) is 10.3 Å². The largest absolute Gasteiger partial charge is 0.477 e. The van der Waals surface area contributed by atoms with Gasteiger partial charge in [-0.05, 0) is 51.3 Å². The zero-order valence-electron chi connectivity index (χ0n) is 15.9. The van der Waals surface area contributed by atoms with Crippen LogP contribution in [0.1, 0.15) is 46.1 Å². The summed E-state index contributed by atoms with van der Waals surface area (Å²) in [6, 6.07) is 5.38. The Labute approximate surface area is 153 Å². The Balaban J connectivity index is 2.55. The van der Waals surface area contributed by atoms with E-state index in [0.29, 0.717) is 23.6 Å². The molecule has 1 heterocycles. The maximum atomic E-state index is 11.9. The van der Waals surface area contributed by atoms with Crippen LogP contribution < -0.4 is 10.1 Å². The number of hydrogen-bond donors (Lipinski definition) is 3. The predicted molar refractivity (Wildman–Crippen MR) is 101 cm³/mol. The van der Waals surface area contributed by atoms with Gasteiger partial charge >= 0.3 is 5.97 Å². The van der Waals surface area contributed by atoms with E-state index >= 15 is 0 Å². The number of benzene rings is 1. The molecule has 1 atom stereocenters. The number of carbonyl (C=O) groups is 1. The minimum absolute atomic E-state index is 0.0399. The van der Waals surface area contributed by atoms with Gasteiger partial charge in [-0.3, -0.25) is 0 Å². The van der Waals surface area contributed by atoms with Crippen molar-refractivity contribution in [1.82, 2.24) is 4.98 Å². The minimum Gasteiger partial charge on any atom is -0.477 e. The predicted octanol–water partition coefficient (Wildman–Crippen LogP) is 3.99. The van der Waals surface area contributed by atoms with Gasteiger partial charge in [0, 0.05) is 11.7 Å². The van der Waals surface area contributed by atoms with Crippen LogP contribution in [0, 0.1) is 27.7 Å². The summed E-state index contributed by atoms with van der Waals surface area (Å²) in [5.41, 5.74) is 3.92. The van der Waals surface area contributed by atoms with E-state index in [1.165, 1.54) is 0 Å². The monoisotopic (exact) mass is 358 g/mol. The highest BCUT2D eigenvalue weighted by Gasteiger charge is 2.22. The lowest BCUT2D eigenvalue weighted by atomic mass is 10.1. The fourth-order valence-electron chi connectivity index (χ4n) is 2.96. The summed E-state index contributed by atoms with van der Waals surface area (Å²) in [4.78, 5) is 16.2. The lowest BCUT2D eigenvalue weighted by Gasteiger charge is -2.20. The van der Waals surface area contributed by atoms with Gasteiger partial charge in [-0.2, -0.15) is 0 Å². The SMILES string of the molecule is CC[C@@H](CO)Nc1cc(C)nc(Oc2c(C)cc(C)cc2C)c1C(=O)O. The molecule has 0 aliphatic carbocycles. The van der Waals surface area contributed by atoms with E-state index in [1.54, 1.807) is 13.0 Å². The van der Waals surface area contributed by atoms with E-state index in [1.807, 2.05) is 39.8 Å². The molecule has 0 unspecified atom stereocenters. The molecule has 0 spiro atoms. The highest BCUT2D eigenvalue weighted by atomic mass is 16.5. The van der Waals surface area contributed by atoms with Gasteiger partial charge in [-0.1, -0.05) is 24.6 Å². The number of hydrogen-bond acceptors (Lipinski definition) is 5. The Hall–Kier alpha value is -2.60. The summed E-state index contributed by atoms with van der Waals surface area (Å²) in [5, 5.41) is 22.2. The molecule has 0 saturated heterocycles. The summed E-state index contributed by atoms with van der Waals surface area (Å²) in [6.07, 6.45) is 0.656. The third-order valence-electron chi connectivity index (χ3n) is 4.20. The first-order valence-corrected chi connectivity index (χ1v) is 8.64. The van der Waals surface area contributed by atoms with E-state index in [4.69, 9.17) is 4.74 Å². The van der Waals surface area contributed by atoms with Crippen LogP contribution in [0.2, 0.25) is 0 Å². The second-order valence-electron chi connectivity index (χ2n) is 6.56. The second kappa shape index (κ2) is 8.19. The number of ether oxygens (including phenoxy) is 1. The molecule has 0 fully saturated rings. The van der Waals surface area contributed by atoms with Crippen LogP contribution in [0.4, 0.5) is 5.69 Å². The first-order chi connectivity index (χ1) is 12.3. The van der Waals surface area contributed by atoms with Crippen molar-refractivity contribution >= 4 is 11.7 Å². The molecule has 0 aliphatic rings. The molecule has 3 N–H and O–H groups in total. The quantitative estimate of drug-likeness (QED) is 0.693. The summed E-state index contributed by atoms with van der Waals surface area (Å²) in [5.74, 6) is -0.482. The second-order valence-corrected chi connectivity index (χ2v) is 6.56. The third-order valence-corrected chi connectivity index (χ3v) is 4.20. The summed E-state index contributed by atoms with van der Waals surface area (Å²) < 4.78 is 5.96. The summed E-state index contributed by atoms with van der Waals surface area (Å²) in [6.45, 7) is 9.44. The van der Waals surface area contributed by atoms with Gasteiger partial charge in [0.1, 0.15) is 11.3 Å². The lowest BCUT2D eigenvalue weighted by molar-refractivity contribution is 0.0694. The lowest BCUT2D eigenvalue weighted by Crippen LogP contribution is -2.24. The third kappa shape index (κ3) is 4.32. The molecule has 6 heteroatoms. The van der Waals surface area contributed by atoms with Gasteiger partial charge in [-0.25, -0.2) is 9.78 Å². The fraction of sp³-hybridized carbons (Fsp3) is 0.400. The summed E-state index contributed by atoms with van der Waals surface area (Å²) in [7, 11) is 0. The van der Waals surface area contributed by atoms with Gasteiger partial charge in [0.2, 0.25) is 5.88 Å². The smallest absolute Gasteiger partial charge is 0.343 e. The van der Waals surface area contributed by atoms with Crippen LogP contribution in [0.15, 0.2) is 18.2 Å². The zero-order chi connectivity index (χ0) is 19.4. The molecule has 0 saturated carbocycles. The molecular weight excluding hydrogens is 332 g/mol. The number of aromatic carboxylic acids is 1. The van der Waals surface area contributed by atoms with Gasteiger partial charge < -0.3 is 20.3 Å². The molecule has 1 aromatic carbocycles. The Morgan fingerprint density at radius 2 is 1.81 bits per heavy atom. The molecule has 2 aromatic rings. The Morgan fingerprint density at radius 1 is 1.19 bits per heavy atom. The first kappa shape index (κ1) is 19.7. The molecule has 6 nitrogen and oxygen atoms in total. The van der Waals surface area contributed by atoms with Gasteiger partial charge in [0.15, 0.2) is 0 Å². The van der Waals surface area contributed by atoms with Gasteiger partial charge in [0.25, 0.3) is 0 Å². The van der Waals surface area contributed by atoms with E-state index in [9.17, 15) is 15.0 Å². The van der Waals surface area contributed by atoms with Crippen LogP contribution >= 0.6 is 0 Å². The Bertz CT molecular complexity index is 791. The van der Waals surface area contributed by atoms with Crippen LogP contribution in [-0.4, -0.2) is 33.8 Å². The number of aromatic nitrogens is 1. The highest BCUT2D eigenvalue weighted by molar-refractivity contribution is 5.97. The first-order valence-electron chi connectivity index (χ1n) is 8.64. The molecular formula is C20H26N2O4. The number of aliphatic hydroxyl groups excluding tert-OH is 1. The van der Waals surface area contributed by atoms with Crippen molar-refractivity contribution < 1.29 is 19.7 Å². The Morgan fingerprint density at radius 3 is 2.31 bits per heavy atom. The molecule has 2 rings (SSSR count). The van der Waals surface area contributed by atoms with Crippen molar-refractivity contribution in [2.75, 3.05) is 11.9 Å². The number of nitrogens with zero attached hydrogens (tertiary/aromatic N) is 1. The Kier molecular flexibility index (Phi) is 6.21. The maximum Gasteiger partial charge on any atom is 0.343 e. The van der Waals surface area contributed by atoms with Crippen molar-refractivity contribution in [3.8, 4) is 11.6 Å². The molecule has 26 heavy (non-hydrogen) atoms. The van der Waals surface area contributed by atoms with Gasteiger partial charge in [-0.15, -0.1) is 0 Å². The number of aryl methyl sites for hydroxylation is 4. The fourth-order valence-corrected chi connectivity index (χ4v) is 2.96. The van der Waals surface area contributed by atoms with E-state index in [-0.39, 0.29) is 24.1 Å². The number of aliphatic hydroxyl groups is 1. The van der Waals surface area contributed by atoms with Crippen LogP contribution in [0.25, 0.3) is 0 Å². The standard InChI is InChI=1S/C20H26N2O4/c1-6-15(10-23)22-16-9-14(5)21-19(17(16)20(24)25)26-18-12(3)7-11(2)8-13(18)4/h7-9,15,23H,6,10H2,1-5H3,(H,21,22)(H,24,25)/t15-/m0/s1.